The van der Waals surface area contributed by atoms with E-state index in [0.717, 1.165) is 12.8 Å². The van der Waals surface area contributed by atoms with E-state index in [1.165, 1.54) is 48.6 Å². The summed E-state index contributed by atoms with van der Waals surface area (Å²) in [6, 6.07) is 1.62. The molecule has 0 bridgehead atoms. The van der Waals surface area contributed by atoms with Crippen LogP contribution >= 0.6 is 23.2 Å². The number of nitrogen functional groups attached to an aromatic ring is 1. The molecule has 1 saturated carbocycles. The van der Waals surface area contributed by atoms with Crippen LogP contribution in [0.3, 0.4) is 0 Å². The van der Waals surface area contributed by atoms with E-state index in [-0.39, 0.29) is 39.5 Å². The fraction of sp³-hybridized carbons (Fsp3) is 0.571. The molecule has 2 fully saturated rings. The summed E-state index contributed by atoms with van der Waals surface area (Å²) < 4.78 is 29.0. The normalized spacial score (nSPS) is 22.1. The highest BCUT2D eigenvalue weighted by Crippen LogP contribution is 2.36. The number of aromatic nitrogens is 3. The molecule has 4 rings (SSSR count). The number of sulfonamides is 1. The standard InChI is InChI=1S/C21H28Cl2N6O3S/c22-16-11-17(23)20(18(24)12-16)33(31,32)27-19(6-10-29-25-7-8-26-29)21(30)28-9-5-14-3-1-2-4-15(14)13-28/h7-8,11-12,14-15,19,27H,1-6,9-10,13,24H2/t14-,15+,19?/m0/s1. The molecule has 9 nitrogen and oxygen atoms in total. The Balaban J connectivity index is 1.56. The maximum Gasteiger partial charge on any atom is 0.244 e. The van der Waals surface area contributed by atoms with E-state index in [1.54, 1.807) is 4.90 Å². The minimum Gasteiger partial charge on any atom is -0.398 e. The minimum atomic E-state index is -4.20. The molecule has 2 heterocycles. The molecule has 1 unspecified atom stereocenters. The Morgan fingerprint density at radius 3 is 2.55 bits per heavy atom. The lowest BCUT2D eigenvalue weighted by atomic mass is 9.75. The highest BCUT2D eigenvalue weighted by Gasteiger charge is 2.37. The number of piperidine rings is 1. The predicted molar refractivity (Wildman–Crippen MR) is 126 cm³/mol. The Hall–Kier alpha value is -1.88. The van der Waals surface area contributed by atoms with Gasteiger partial charge < -0.3 is 10.6 Å². The summed E-state index contributed by atoms with van der Waals surface area (Å²) in [7, 11) is -4.20. The van der Waals surface area contributed by atoms with Crippen molar-refractivity contribution in [1.82, 2.24) is 24.6 Å². The number of anilines is 1. The first kappa shape index (κ1) is 24.3. The fourth-order valence-electron chi connectivity index (χ4n) is 4.97. The van der Waals surface area contributed by atoms with Crippen molar-refractivity contribution in [3.8, 4) is 0 Å². The first-order valence-corrected chi connectivity index (χ1v) is 13.4. The number of hydrogen-bond acceptors (Lipinski definition) is 6. The van der Waals surface area contributed by atoms with E-state index in [2.05, 4.69) is 14.9 Å². The topological polar surface area (TPSA) is 123 Å². The van der Waals surface area contributed by atoms with Crippen molar-refractivity contribution in [3.05, 3.63) is 34.6 Å². The second-order valence-corrected chi connectivity index (χ2v) is 11.3. The highest BCUT2D eigenvalue weighted by molar-refractivity contribution is 7.89. The molecule has 33 heavy (non-hydrogen) atoms. The Labute approximate surface area is 203 Å². The van der Waals surface area contributed by atoms with Gasteiger partial charge in [0.2, 0.25) is 15.9 Å². The number of carbonyl (C=O) groups is 1. The zero-order valence-corrected chi connectivity index (χ0v) is 20.5. The van der Waals surface area contributed by atoms with Crippen molar-refractivity contribution in [2.24, 2.45) is 11.8 Å². The molecule has 1 aromatic carbocycles. The van der Waals surface area contributed by atoms with Crippen LogP contribution in [0.15, 0.2) is 29.4 Å². The van der Waals surface area contributed by atoms with Crippen LogP contribution in [0.2, 0.25) is 10.0 Å². The molecule has 1 saturated heterocycles. The van der Waals surface area contributed by atoms with E-state index >= 15 is 0 Å². The number of fused-ring (bicyclic) bond motifs is 1. The number of amides is 1. The monoisotopic (exact) mass is 514 g/mol. The van der Waals surface area contributed by atoms with E-state index in [4.69, 9.17) is 28.9 Å². The highest BCUT2D eigenvalue weighted by atomic mass is 35.5. The maximum absolute atomic E-state index is 13.5. The summed E-state index contributed by atoms with van der Waals surface area (Å²) in [5.74, 6) is 0.875. The first-order chi connectivity index (χ1) is 15.7. The lowest BCUT2D eigenvalue weighted by Gasteiger charge is -2.42. The van der Waals surface area contributed by atoms with Gasteiger partial charge in [0.15, 0.2) is 0 Å². The van der Waals surface area contributed by atoms with Crippen LogP contribution in [-0.4, -0.2) is 53.4 Å². The van der Waals surface area contributed by atoms with Crippen LogP contribution in [-0.2, 0) is 21.4 Å². The van der Waals surface area contributed by atoms with Gasteiger partial charge in [-0.15, -0.1) is 0 Å². The average Bonchev–Trinajstić information content (AvgIpc) is 3.28. The number of rotatable bonds is 7. The third-order valence-corrected chi connectivity index (χ3v) is 8.80. The zero-order chi connectivity index (χ0) is 23.6. The molecule has 12 heteroatoms. The Morgan fingerprint density at radius 2 is 1.85 bits per heavy atom. The van der Waals surface area contributed by atoms with Gasteiger partial charge in [-0.1, -0.05) is 42.5 Å². The van der Waals surface area contributed by atoms with Crippen LogP contribution in [0.1, 0.15) is 38.5 Å². The Morgan fingerprint density at radius 1 is 1.15 bits per heavy atom. The molecule has 1 aliphatic heterocycles. The molecule has 1 aromatic heterocycles. The van der Waals surface area contributed by atoms with E-state index in [9.17, 15) is 13.2 Å². The summed E-state index contributed by atoms with van der Waals surface area (Å²) in [4.78, 5) is 16.5. The molecule has 2 aromatic rings. The van der Waals surface area contributed by atoms with E-state index in [0.29, 0.717) is 24.9 Å². The van der Waals surface area contributed by atoms with Crippen molar-refractivity contribution in [3.63, 3.8) is 0 Å². The van der Waals surface area contributed by atoms with Crippen molar-refractivity contribution < 1.29 is 13.2 Å². The molecular formula is C21H28Cl2N6O3S. The summed E-state index contributed by atoms with van der Waals surface area (Å²) in [6.07, 6.45) is 8.94. The molecule has 1 amide bonds. The fourth-order valence-corrected chi connectivity index (χ4v) is 7.18. The number of likely N-dealkylation sites (tertiary alicyclic amines) is 1. The molecule has 3 N–H and O–H groups in total. The zero-order valence-electron chi connectivity index (χ0n) is 18.2. The molecule has 0 radical (unpaired) electrons. The Kier molecular flexibility index (Phi) is 7.47. The Bertz CT molecular complexity index is 1070. The second-order valence-electron chi connectivity index (χ2n) is 8.77. The van der Waals surface area contributed by atoms with Crippen molar-refractivity contribution in [1.29, 1.82) is 0 Å². The van der Waals surface area contributed by atoms with Crippen LogP contribution in [0, 0.1) is 11.8 Å². The van der Waals surface area contributed by atoms with E-state index in [1.807, 2.05) is 0 Å². The number of nitrogens with two attached hydrogens (primary N) is 1. The van der Waals surface area contributed by atoms with Gasteiger partial charge in [-0.3, -0.25) is 4.79 Å². The molecule has 180 valence electrons. The number of nitrogens with zero attached hydrogens (tertiary/aromatic N) is 4. The van der Waals surface area contributed by atoms with Crippen LogP contribution < -0.4 is 10.5 Å². The summed E-state index contributed by atoms with van der Waals surface area (Å²) in [6.45, 7) is 1.56. The van der Waals surface area contributed by atoms with Crippen LogP contribution in [0.5, 0.6) is 0 Å². The largest absolute Gasteiger partial charge is 0.398 e. The summed E-state index contributed by atoms with van der Waals surface area (Å²) >= 11 is 12.1. The quantitative estimate of drug-likeness (QED) is 0.547. The number of carbonyl (C=O) groups excluding carboxylic acids is 1. The van der Waals surface area contributed by atoms with Gasteiger partial charge in [0, 0.05) is 18.1 Å². The lowest BCUT2D eigenvalue weighted by Crippen LogP contribution is -2.53. The number of aryl methyl sites for hydroxylation is 1. The van der Waals surface area contributed by atoms with Gasteiger partial charge in [-0.05, 0) is 43.2 Å². The molecule has 3 atom stereocenters. The van der Waals surface area contributed by atoms with Crippen molar-refractivity contribution in [2.45, 2.75) is 56.0 Å². The lowest BCUT2D eigenvalue weighted by molar-refractivity contribution is -0.136. The van der Waals surface area contributed by atoms with Gasteiger partial charge in [-0.25, -0.2) is 8.42 Å². The average molecular weight is 515 g/mol. The van der Waals surface area contributed by atoms with Crippen molar-refractivity contribution in [2.75, 3.05) is 18.8 Å². The van der Waals surface area contributed by atoms with Crippen LogP contribution in [0.4, 0.5) is 5.69 Å². The van der Waals surface area contributed by atoms with Gasteiger partial charge in [0.1, 0.15) is 10.9 Å². The summed E-state index contributed by atoms with van der Waals surface area (Å²) in [5, 5.41) is 8.23. The van der Waals surface area contributed by atoms with Gasteiger partial charge in [0.05, 0.1) is 29.6 Å². The maximum atomic E-state index is 13.5. The molecule has 2 aliphatic rings. The van der Waals surface area contributed by atoms with E-state index < -0.39 is 16.1 Å². The van der Waals surface area contributed by atoms with Crippen molar-refractivity contribution >= 4 is 44.8 Å². The molecule has 0 spiro atoms. The number of halogens is 2. The number of nitrogens with one attached hydrogen (secondary N) is 1. The SMILES string of the molecule is Nc1cc(Cl)cc(Cl)c1S(=O)(=O)NC(CCn1nccn1)C(=O)N1CC[C@@H]2CCCC[C@@H]2C1. The third kappa shape index (κ3) is 5.62. The van der Waals surface area contributed by atoms with Crippen LogP contribution in [0.25, 0.3) is 0 Å². The number of hydrogen-bond donors (Lipinski definition) is 2. The summed E-state index contributed by atoms with van der Waals surface area (Å²) in [5.41, 5.74) is 5.84. The smallest absolute Gasteiger partial charge is 0.244 e. The minimum absolute atomic E-state index is 0.0806. The first-order valence-electron chi connectivity index (χ1n) is 11.1. The third-order valence-electron chi connectivity index (χ3n) is 6.59. The van der Waals surface area contributed by atoms with Gasteiger partial charge in [0.25, 0.3) is 0 Å². The van der Waals surface area contributed by atoms with Gasteiger partial charge >= 0.3 is 0 Å². The molecule has 1 aliphatic carbocycles. The van der Waals surface area contributed by atoms with Gasteiger partial charge in [-0.2, -0.15) is 19.7 Å². The second kappa shape index (κ2) is 10.2. The predicted octanol–water partition coefficient (Wildman–Crippen LogP) is 2.94. The number of benzene rings is 1. The molecular weight excluding hydrogens is 487 g/mol.